The first kappa shape index (κ1) is 23.8. The normalized spacial score (nSPS) is 13.8. The van der Waals surface area contributed by atoms with Gasteiger partial charge < -0.3 is 14.0 Å². The lowest BCUT2D eigenvalue weighted by molar-refractivity contribution is -0.195. The van der Waals surface area contributed by atoms with Crippen molar-refractivity contribution in [2.75, 3.05) is 32.3 Å². The second-order valence-corrected chi connectivity index (χ2v) is 13.2. The molecule has 140 valence electrons. The van der Waals surface area contributed by atoms with E-state index in [-0.39, 0.29) is 6.16 Å². The maximum absolute atomic E-state index is 10.2. The van der Waals surface area contributed by atoms with Crippen LogP contribution in [0.2, 0.25) is 0 Å². The first-order chi connectivity index (χ1) is 11.3. The number of hydrogen-bond acceptors (Lipinski definition) is 3. The van der Waals surface area contributed by atoms with Gasteiger partial charge in [-0.3, -0.25) is 0 Å². The van der Waals surface area contributed by atoms with Crippen molar-refractivity contribution in [3.8, 4) is 0 Å². The summed E-state index contributed by atoms with van der Waals surface area (Å²) in [6, 6.07) is 11.1. The summed E-state index contributed by atoms with van der Waals surface area (Å²) in [5.41, 5.74) is 1.55. The fourth-order valence-corrected chi connectivity index (χ4v) is 6.55. The van der Waals surface area contributed by atoms with Crippen LogP contribution in [0.15, 0.2) is 30.3 Å². The first-order valence-electron chi connectivity index (χ1n) is 9.05. The van der Waals surface area contributed by atoms with Crippen molar-refractivity contribution in [3.63, 3.8) is 0 Å². The molecule has 0 spiro atoms. The van der Waals surface area contributed by atoms with Gasteiger partial charge in [0.25, 0.3) is 0 Å². The average Bonchev–Trinajstić information content (AvgIpc) is 2.60. The summed E-state index contributed by atoms with van der Waals surface area (Å²) < 4.78 is 14.3. The Kier molecular flexibility index (Phi) is 13.0. The van der Waals surface area contributed by atoms with E-state index in [1.807, 2.05) is 0 Å². The zero-order valence-corrected chi connectivity index (χ0v) is 18.0. The molecule has 3 nitrogen and oxygen atoms in total. The Morgan fingerprint density at radius 1 is 1.04 bits per heavy atom. The van der Waals surface area contributed by atoms with Gasteiger partial charge in [0.05, 0.1) is 18.5 Å². The Bertz CT molecular complexity index is 447. The lowest BCUT2D eigenvalue weighted by Crippen LogP contribution is -2.05. The van der Waals surface area contributed by atoms with Gasteiger partial charge in [-0.25, -0.2) is 0 Å². The Hall–Kier alpha value is -0.200. The average molecular weight is 374 g/mol. The Morgan fingerprint density at radius 2 is 1.54 bits per heavy atom. The minimum atomic E-state index is -3.40. The molecule has 0 aromatic heterocycles. The molecular weight excluding hydrogens is 338 g/mol. The van der Waals surface area contributed by atoms with Crippen molar-refractivity contribution < 1.29 is 14.0 Å². The van der Waals surface area contributed by atoms with Crippen LogP contribution in [0.3, 0.4) is 0 Å². The smallest absolute Gasteiger partial charge is 0.134 e. The van der Waals surface area contributed by atoms with Crippen LogP contribution in [0.25, 0.3) is 0 Å². The molecule has 0 aliphatic rings. The van der Waals surface area contributed by atoms with E-state index in [4.69, 9.17) is 0 Å². The molecule has 0 fully saturated rings. The Balaban J connectivity index is 0.000000640. The highest BCUT2D eigenvalue weighted by Gasteiger charge is 2.30. The predicted octanol–water partition coefficient (Wildman–Crippen LogP) is 5.64. The monoisotopic (exact) mass is 374 g/mol. The molecule has 5 heteroatoms. The van der Waals surface area contributed by atoms with Crippen LogP contribution < -0.4 is 4.89 Å². The third-order valence-electron chi connectivity index (χ3n) is 4.18. The third kappa shape index (κ3) is 11.4. The van der Waals surface area contributed by atoms with Gasteiger partial charge in [0.15, 0.2) is 0 Å². The number of hydrogen-bond donors (Lipinski definition) is 0. The summed E-state index contributed by atoms with van der Waals surface area (Å²) in [5.74, 6) is 0. The topological polar surface area (TPSA) is 49.4 Å². The van der Waals surface area contributed by atoms with Crippen molar-refractivity contribution in [1.82, 2.24) is 0 Å². The molecule has 0 heterocycles. The van der Waals surface area contributed by atoms with Gasteiger partial charge in [0.2, 0.25) is 0 Å². The van der Waals surface area contributed by atoms with Crippen molar-refractivity contribution in [1.29, 1.82) is 0 Å². The van der Waals surface area contributed by atoms with Gasteiger partial charge in [-0.15, -0.1) is 0 Å². The minimum Gasteiger partial charge on any atom is -0.779 e. The van der Waals surface area contributed by atoms with Crippen LogP contribution in [0.1, 0.15) is 52.0 Å². The molecule has 0 amide bonds. The molecule has 0 aliphatic carbocycles. The van der Waals surface area contributed by atoms with Gasteiger partial charge in [0.1, 0.15) is 7.60 Å². The standard InChI is InChI=1S/C16H28P.C3H9O3P/c1-4-6-13-17(3,14-7-5-2)15-16-11-9-8-10-12-16;1-3-7(4,5)6-2/h8-12H,4-7,13-15H2,1-3H3;3H2,1-2H3,(H,4,5)/q+1;/p-1. The molecule has 1 aromatic carbocycles. The van der Waals surface area contributed by atoms with Crippen LogP contribution in [-0.2, 0) is 15.3 Å². The summed E-state index contributed by atoms with van der Waals surface area (Å²) >= 11 is 0. The van der Waals surface area contributed by atoms with E-state index in [1.165, 1.54) is 51.1 Å². The summed E-state index contributed by atoms with van der Waals surface area (Å²) in [6.07, 6.45) is 9.92. The zero-order valence-electron chi connectivity index (χ0n) is 16.2. The predicted molar refractivity (Wildman–Crippen MR) is 108 cm³/mol. The Morgan fingerprint density at radius 3 is 1.88 bits per heavy atom. The van der Waals surface area contributed by atoms with E-state index in [9.17, 15) is 9.46 Å². The van der Waals surface area contributed by atoms with Crippen molar-refractivity contribution in [3.05, 3.63) is 35.9 Å². The van der Waals surface area contributed by atoms with Crippen LogP contribution >= 0.6 is 14.9 Å². The molecule has 0 N–H and O–H groups in total. The van der Waals surface area contributed by atoms with Crippen molar-refractivity contribution >= 4 is 14.9 Å². The summed E-state index contributed by atoms with van der Waals surface area (Å²) in [6.45, 7) is 8.75. The molecule has 0 bridgehead atoms. The second-order valence-electron chi connectivity index (χ2n) is 6.53. The lowest BCUT2D eigenvalue weighted by atomic mass is 10.2. The fourth-order valence-electron chi connectivity index (χ4n) is 2.50. The van der Waals surface area contributed by atoms with Gasteiger partial charge in [-0.05, 0) is 18.4 Å². The second kappa shape index (κ2) is 13.1. The highest BCUT2D eigenvalue weighted by atomic mass is 31.2. The first-order valence-corrected chi connectivity index (χ1v) is 13.6. The van der Waals surface area contributed by atoms with Gasteiger partial charge in [0, 0.05) is 27.2 Å². The van der Waals surface area contributed by atoms with Crippen LogP contribution in [0.5, 0.6) is 0 Å². The largest absolute Gasteiger partial charge is 0.779 e. The van der Waals surface area contributed by atoms with E-state index in [0.29, 0.717) is 0 Å². The summed E-state index contributed by atoms with van der Waals surface area (Å²) in [7, 11) is -2.96. The van der Waals surface area contributed by atoms with E-state index in [1.54, 1.807) is 5.56 Å². The Labute approximate surface area is 150 Å². The molecule has 24 heavy (non-hydrogen) atoms. The van der Waals surface area contributed by atoms with Crippen LogP contribution in [0, 0.1) is 0 Å². The van der Waals surface area contributed by atoms with E-state index >= 15 is 0 Å². The van der Waals surface area contributed by atoms with Crippen LogP contribution in [-0.4, -0.2) is 32.3 Å². The highest BCUT2D eigenvalue weighted by Crippen LogP contribution is 2.59. The van der Waals surface area contributed by atoms with E-state index in [2.05, 4.69) is 55.4 Å². The van der Waals surface area contributed by atoms with E-state index in [0.717, 1.165) is 7.11 Å². The van der Waals surface area contributed by atoms with E-state index < -0.39 is 14.9 Å². The van der Waals surface area contributed by atoms with Gasteiger partial charge in [-0.2, -0.15) is 0 Å². The molecule has 1 atom stereocenters. The fraction of sp³-hybridized carbons (Fsp3) is 0.684. The quantitative estimate of drug-likeness (QED) is 0.498. The molecule has 1 unspecified atom stereocenters. The lowest BCUT2D eigenvalue weighted by Gasteiger charge is -2.23. The van der Waals surface area contributed by atoms with Crippen molar-refractivity contribution in [2.24, 2.45) is 0 Å². The summed E-state index contributed by atoms with van der Waals surface area (Å²) in [4.78, 5) is 10.2. The van der Waals surface area contributed by atoms with Gasteiger partial charge >= 0.3 is 0 Å². The molecule has 0 radical (unpaired) electrons. The number of rotatable bonds is 10. The maximum atomic E-state index is 10.2. The van der Waals surface area contributed by atoms with Crippen LogP contribution in [0.4, 0.5) is 0 Å². The maximum Gasteiger partial charge on any atom is 0.134 e. The molecule has 1 rings (SSSR count). The minimum absolute atomic E-state index is 0.0729. The molecule has 0 saturated carbocycles. The molecule has 0 saturated heterocycles. The highest BCUT2D eigenvalue weighted by molar-refractivity contribution is 7.74. The SMILES string of the molecule is CCCC[P+](C)(CCCC)Cc1ccccc1.CCP(=O)([O-])OC. The number of benzene rings is 1. The molecule has 0 aliphatic heterocycles. The third-order valence-corrected chi connectivity index (χ3v) is 9.43. The number of unbranched alkanes of at least 4 members (excludes halogenated alkanes) is 2. The summed E-state index contributed by atoms with van der Waals surface area (Å²) in [5, 5.41) is 0. The van der Waals surface area contributed by atoms with Gasteiger partial charge in [-0.1, -0.05) is 63.9 Å². The molecule has 1 aromatic rings. The van der Waals surface area contributed by atoms with Crippen molar-refractivity contribution in [2.45, 2.75) is 52.6 Å². The molecular formula is C19H36O3P2. The zero-order chi connectivity index (χ0) is 18.5.